The minimum atomic E-state index is -0.0344. The van der Waals surface area contributed by atoms with Crippen LogP contribution in [-0.2, 0) is 9.53 Å². The molecule has 0 aliphatic carbocycles. The summed E-state index contributed by atoms with van der Waals surface area (Å²) in [6.07, 6.45) is 2.27. The minimum Gasteiger partial charge on any atom is -0.502 e. The number of hydrogen-bond acceptors (Lipinski definition) is 3. The van der Waals surface area contributed by atoms with Gasteiger partial charge in [0.15, 0.2) is 0 Å². The highest BCUT2D eigenvalue weighted by Gasteiger charge is 2.02. The van der Waals surface area contributed by atoms with E-state index >= 15 is 0 Å². The number of ether oxygens (including phenoxy) is 1. The van der Waals surface area contributed by atoms with Crippen molar-refractivity contribution < 1.29 is 9.53 Å². The summed E-state index contributed by atoms with van der Waals surface area (Å²) in [6.45, 7) is 9.21. The second kappa shape index (κ2) is 8.32. The molecule has 104 valence electrons. The third-order valence-corrected chi connectivity index (χ3v) is 2.81. The highest BCUT2D eigenvalue weighted by molar-refractivity contribution is 5.92. The molecular formula is C15H22N2O2. The highest BCUT2D eigenvalue weighted by Crippen LogP contribution is 2.13. The molecule has 4 nitrogen and oxygen atoms in total. The molecule has 0 saturated carbocycles. The summed E-state index contributed by atoms with van der Waals surface area (Å²) in [7, 11) is 0. The van der Waals surface area contributed by atoms with Crippen molar-refractivity contribution in [2.75, 3.05) is 25.0 Å². The van der Waals surface area contributed by atoms with E-state index in [4.69, 9.17) is 4.74 Å². The van der Waals surface area contributed by atoms with E-state index in [2.05, 4.69) is 17.2 Å². The quantitative estimate of drug-likeness (QED) is 0.558. The van der Waals surface area contributed by atoms with E-state index in [1.54, 1.807) is 0 Å². The molecule has 4 heteroatoms. The number of hydrogen-bond donors (Lipinski definition) is 2. The molecule has 2 N–H and O–H groups in total. The average molecular weight is 262 g/mol. The Hall–Kier alpha value is -1.81. The monoisotopic (exact) mass is 262 g/mol. The summed E-state index contributed by atoms with van der Waals surface area (Å²) >= 11 is 0. The van der Waals surface area contributed by atoms with Crippen LogP contribution in [0, 0.1) is 13.8 Å². The normalized spacial score (nSPS) is 10.0. The van der Waals surface area contributed by atoms with Crippen LogP contribution in [0.4, 0.5) is 5.69 Å². The van der Waals surface area contributed by atoms with Crippen LogP contribution < -0.4 is 10.6 Å². The smallest absolute Gasteiger partial charge is 0.238 e. The zero-order valence-electron chi connectivity index (χ0n) is 11.7. The van der Waals surface area contributed by atoms with Gasteiger partial charge in [-0.25, -0.2) is 0 Å². The van der Waals surface area contributed by atoms with Crippen LogP contribution in [0.2, 0.25) is 0 Å². The lowest BCUT2D eigenvalue weighted by atomic mass is 10.1. The number of carbonyl (C=O) groups excluding carboxylic acids is 1. The summed E-state index contributed by atoms with van der Waals surface area (Å²) < 4.78 is 4.98. The van der Waals surface area contributed by atoms with E-state index in [9.17, 15) is 4.79 Å². The van der Waals surface area contributed by atoms with Crippen LogP contribution in [-0.4, -0.2) is 25.6 Å². The molecule has 0 bridgehead atoms. The third kappa shape index (κ3) is 6.06. The molecule has 1 aromatic carbocycles. The molecule has 0 saturated heterocycles. The van der Waals surface area contributed by atoms with E-state index in [0.717, 1.165) is 18.7 Å². The van der Waals surface area contributed by atoms with Gasteiger partial charge in [0.05, 0.1) is 19.4 Å². The molecule has 0 aliphatic rings. The second-order valence-electron chi connectivity index (χ2n) is 4.42. The first-order valence-corrected chi connectivity index (χ1v) is 6.44. The van der Waals surface area contributed by atoms with Gasteiger partial charge in [-0.05, 0) is 50.1 Å². The van der Waals surface area contributed by atoms with Gasteiger partial charge in [-0.15, -0.1) is 0 Å². The largest absolute Gasteiger partial charge is 0.502 e. The lowest BCUT2D eigenvalue weighted by Gasteiger charge is -2.08. The van der Waals surface area contributed by atoms with Crippen LogP contribution in [0.5, 0.6) is 0 Å². The molecule has 0 radical (unpaired) electrons. The maximum absolute atomic E-state index is 11.7. The molecule has 0 atom stereocenters. The highest BCUT2D eigenvalue weighted by atomic mass is 16.5. The Morgan fingerprint density at radius 2 is 2.16 bits per heavy atom. The number of rotatable bonds is 8. The van der Waals surface area contributed by atoms with Crippen LogP contribution in [0.25, 0.3) is 0 Å². The lowest BCUT2D eigenvalue weighted by molar-refractivity contribution is -0.115. The molecule has 19 heavy (non-hydrogen) atoms. The van der Waals surface area contributed by atoms with Gasteiger partial charge >= 0.3 is 0 Å². The van der Waals surface area contributed by atoms with Crippen molar-refractivity contribution in [3.8, 4) is 0 Å². The zero-order chi connectivity index (χ0) is 14.1. The average Bonchev–Trinajstić information content (AvgIpc) is 2.38. The molecule has 0 spiro atoms. The maximum atomic E-state index is 11.7. The summed E-state index contributed by atoms with van der Waals surface area (Å²) in [5, 5.41) is 5.93. The lowest BCUT2D eigenvalue weighted by Crippen LogP contribution is -2.29. The fourth-order valence-electron chi connectivity index (χ4n) is 1.59. The van der Waals surface area contributed by atoms with Crippen LogP contribution in [0.1, 0.15) is 17.5 Å². The fourth-order valence-corrected chi connectivity index (χ4v) is 1.59. The van der Waals surface area contributed by atoms with Gasteiger partial charge in [-0.2, -0.15) is 0 Å². The Morgan fingerprint density at radius 1 is 1.37 bits per heavy atom. The van der Waals surface area contributed by atoms with E-state index in [1.165, 1.54) is 17.4 Å². The summed E-state index contributed by atoms with van der Waals surface area (Å²) in [4.78, 5) is 11.7. The number of amides is 1. The molecule has 0 aromatic heterocycles. The summed E-state index contributed by atoms with van der Waals surface area (Å²) in [5.41, 5.74) is 3.23. The predicted octanol–water partition coefficient (Wildman–Crippen LogP) is 2.38. The SMILES string of the molecule is C=COCCCNCC(=O)Nc1ccc(C)c(C)c1. The first-order valence-electron chi connectivity index (χ1n) is 6.44. The Kier molecular flexibility index (Phi) is 6.68. The zero-order valence-corrected chi connectivity index (χ0v) is 11.7. The fraction of sp³-hybridized carbons (Fsp3) is 0.400. The first kappa shape index (κ1) is 15.2. The second-order valence-corrected chi connectivity index (χ2v) is 4.42. The Morgan fingerprint density at radius 3 is 2.84 bits per heavy atom. The van der Waals surface area contributed by atoms with Crippen molar-refractivity contribution >= 4 is 11.6 Å². The summed E-state index contributed by atoms with van der Waals surface area (Å²) in [6, 6.07) is 5.90. The molecule has 1 aromatic rings. The van der Waals surface area contributed by atoms with Gasteiger partial charge in [0.1, 0.15) is 0 Å². The van der Waals surface area contributed by atoms with Crippen molar-refractivity contribution in [1.29, 1.82) is 0 Å². The molecule has 1 rings (SSSR count). The number of benzene rings is 1. The van der Waals surface area contributed by atoms with Crippen molar-refractivity contribution in [3.05, 3.63) is 42.2 Å². The molecule has 0 aliphatic heterocycles. The van der Waals surface area contributed by atoms with Crippen molar-refractivity contribution in [2.45, 2.75) is 20.3 Å². The van der Waals surface area contributed by atoms with Gasteiger partial charge in [-0.1, -0.05) is 12.6 Å². The Bertz CT molecular complexity index is 430. The number of carbonyl (C=O) groups is 1. The Balaban J connectivity index is 2.23. The van der Waals surface area contributed by atoms with Crippen LogP contribution in [0.3, 0.4) is 0 Å². The van der Waals surface area contributed by atoms with Crippen molar-refractivity contribution in [2.24, 2.45) is 0 Å². The summed E-state index contributed by atoms with van der Waals surface area (Å²) in [5.74, 6) is -0.0344. The van der Waals surface area contributed by atoms with Crippen LogP contribution >= 0.6 is 0 Å². The van der Waals surface area contributed by atoms with Gasteiger partial charge in [0, 0.05) is 5.69 Å². The Labute approximate surface area is 114 Å². The van der Waals surface area contributed by atoms with Crippen molar-refractivity contribution in [3.63, 3.8) is 0 Å². The number of anilines is 1. The van der Waals surface area contributed by atoms with E-state index in [-0.39, 0.29) is 5.91 Å². The van der Waals surface area contributed by atoms with E-state index in [1.807, 2.05) is 32.0 Å². The minimum absolute atomic E-state index is 0.0344. The van der Waals surface area contributed by atoms with E-state index < -0.39 is 0 Å². The van der Waals surface area contributed by atoms with Gasteiger partial charge in [0.2, 0.25) is 5.91 Å². The third-order valence-electron chi connectivity index (χ3n) is 2.81. The topological polar surface area (TPSA) is 50.4 Å². The molecule has 1 amide bonds. The first-order chi connectivity index (χ1) is 9.13. The van der Waals surface area contributed by atoms with E-state index in [0.29, 0.717) is 13.2 Å². The molecule has 0 heterocycles. The predicted molar refractivity (Wildman–Crippen MR) is 78.2 cm³/mol. The maximum Gasteiger partial charge on any atom is 0.238 e. The van der Waals surface area contributed by atoms with Crippen molar-refractivity contribution in [1.82, 2.24) is 5.32 Å². The molecule has 0 fully saturated rings. The molecular weight excluding hydrogens is 240 g/mol. The van der Waals surface area contributed by atoms with Gasteiger partial charge in [0.25, 0.3) is 0 Å². The number of aryl methyl sites for hydroxylation is 2. The van der Waals surface area contributed by atoms with Gasteiger partial charge in [-0.3, -0.25) is 4.79 Å². The number of nitrogens with one attached hydrogen (secondary N) is 2. The molecule has 0 unspecified atom stereocenters. The standard InChI is InChI=1S/C15H22N2O2/c1-4-19-9-5-8-16-11-15(18)17-14-7-6-12(2)13(3)10-14/h4,6-7,10,16H,1,5,8-9,11H2,2-3H3,(H,17,18). The van der Waals surface area contributed by atoms with Crippen LogP contribution in [0.15, 0.2) is 31.0 Å². The van der Waals surface area contributed by atoms with Gasteiger partial charge < -0.3 is 15.4 Å².